The molecule has 1 unspecified atom stereocenters. The van der Waals surface area contributed by atoms with E-state index in [1.54, 1.807) is 12.1 Å². The number of nitrogens with zero attached hydrogens (tertiary/aromatic N) is 2. The summed E-state index contributed by atoms with van der Waals surface area (Å²) < 4.78 is 0. The summed E-state index contributed by atoms with van der Waals surface area (Å²) in [5, 5.41) is 20.7. The minimum Gasteiger partial charge on any atom is -0.480 e. The van der Waals surface area contributed by atoms with Crippen LogP contribution in [-0.4, -0.2) is 22.1 Å². The van der Waals surface area contributed by atoms with Crippen molar-refractivity contribution in [1.29, 1.82) is 5.26 Å². The molecule has 0 aliphatic heterocycles. The van der Waals surface area contributed by atoms with Crippen LogP contribution >= 0.6 is 0 Å². The first-order chi connectivity index (χ1) is 8.04. The lowest BCUT2D eigenvalue weighted by molar-refractivity contribution is -0.138. The van der Waals surface area contributed by atoms with Crippen molar-refractivity contribution in [3.63, 3.8) is 0 Å². The second-order valence-corrected chi connectivity index (χ2v) is 4.18. The number of hydrogen-bond acceptors (Lipinski definition) is 4. The Bertz CT molecular complexity index is 438. The zero-order valence-electron chi connectivity index (χ0n) is 9.84. The van der Waals surface area contributed by atoms with E-state index in [9.17, 15) is 4.79 Å². The van der Waals surface area contributed by atoms with Crippen LogP contribution in [0.25, 0.3) is 0 Å². The summed E-state index contributed by atoms with van der Waals surface area (Å²) in [7, 11) is 0. The van der Waals surface area contributed by atoms with Gasteiger partial charge in [0.1, 0.15) is 17.9 Å². The molecular weight excluding hydrogens is 218 g/mol. The van der Waals surface area contributed by atoms with Gasteiger partial charge < -0.3 is 10.4 Å². The van der Waals surface area contributed by atoms with E-state index in [1.807, 2.05) is 19.9 Å². The minimum atomic E-state index is -0.937. The summed E-state index contributed by atoms with van der Waals surface area (Å²) in [6.45, 7) is 3.89. The Morgan fingerprint density at radius 2 is 2.35 bits per heavy atom. The molecule has 0 aromatic carbocycles. The van der Waals surface area contributed by atoms with Gasteiger partial charge in [0.2, 0.25) is 0 Å². The van der Waals surface area contributed by atoms with Crippen LogP contribution in [-0.2, 0) is 4.79 Å². The topological polar surface area (TPSA) is 86.0 Å². The third kappa shape index (κ3) is 3.76. The SMILES string of the molecule is CC(C)CC(Nc1ncccc1C#N)C(=O)O. The number of anilines is 1. The van der Waals surface area contributed by atoms with Gasteiger partial charge in [-0.2, -0.15) is 5.26 Å². The van der Waals surface area contributed by atoms with Crippen LogP contribution in [0.3, 0.4) is 0 Å². The van der Waals surface area contributed by atoms with E-state index in [2.05, 4.69) is 10.3 Å². The average Bonchev–Trinajstić information content (AvgIpc) is 2.28. The second kappa shape index (κ2) is 5.85. The normalized spacial score (nSPS) is 11.9. The molecule has 0 saturated heterocycles. The summed E-state index contributed by atoms with van der Waals surface area (Å²) in [5.74, 6) is -0.367. The highest BCUT2D eigenvalue weighted by molar-refractivity contribution is 5.77. The standard InChI is InChI=1S/C12H15N3O2/c1-8(2)6-10(12(16)17)15-11-9(7-13)4-3-5-14-11/h3-5,8,10H,6H2,1-2H3,(H,14,15)(H,16,17). The molecule has 0 saturated carbocycles. The maximum absolute atomic E-state index is 11.1. The van der Waals surface area contributed by atoms with E-state index in [0.717, 1.165) is 0 Å². The Labute approximate surface area is 100 Å². The molecule has 0 fully saturated rings. The lowest BCUT2D eigenvalue weighted by atomic mass is 10.0. The number of hydrogen-bond donors (Lipinski definition) is 2. The molecule has 0 aliphatic rings. The molecule has 0 amide bonds. The Morgan fingerprint density at radius 3 is 2.88 bits per heavy atom. The molecular formula is C12H15N3O2. The Kier molecular flexibility index (Phi) is 4.46. The number of rotatable bonds is 5. The van der Waals surface area contributed by atoms with Crippen LogP contribution in [0.4, 0.5) is 5.82 Å². The quantitative estimate of drug-likeness (QED) is 0.810. The third-order valence-electron chi connectivity index (χ3n) is 2.24. The fourth-order valence-electron chi connectivity index (χ4n) is 1.47. The molecule has 0 radical (unpaired) electrons. The van der Waals surface area contributed by atoms with Gasteiger partial charge >= 0.3 is 5.97 Å². The first-order valence-corrected chi connectivity index (χ1v) is 5.39. The summed E-state index contributed by atoms with van der Waals surface area (Å²) in [6, 6.07) is 4.49. The van der Waals surface area contributed by atoms with Crippen LogP contribution in [0, 0.1) is 17.2 Å². The van der Waals surface area contributed by atoms with Crippen LogP contribution in [0.2, 0.25) is 0 Å². The van der Waals surface area contributed by atoms with Crippen molar-refractivity contribution >= 4 is 11.8 Å². The average molecular weight is 233 g/mol. The second-order valence-electron chi connectivity index (χ2n) is 4.18. The molecule has 1 heterocycles. The fraction of sp³-hybridized carbons (Fsp3) is 0.417. The maximum atomic E-state index is 11.1. The van der Waals surface area contributed by atoms with E-state index in [1.165, 1.54) is 6.20 Å². The Balaban J connectivity index is 2.86. The zero-order chi connectivity index (χ0) is 12.8. The highest BCUT2D eigenvalue weighted by Crippen LogP contribution is 2.14. The Morgan fingerprint density at radius 1 is 1.65 bits per heavy atom. The van der Waals surface area contributed by atoms with Crippen molar-refractivity contribution in [1.82, 2.24) is 4.98 Å². The molecule has 1 rings (SSSR count). The van der Waals surface area contributed by atoms with E-state index in [-0.39, 0.29) is 5.92 Å². The highest BCUT2D eigenvalue weighted by Gasteiger charge is 2.20. The first-order valence-electron chi connectivity index (χ1n) is 5.39. The van der Waals surface area contributed by atoms with E-state index in [0.29, 0.717) is 17.8 Å². The summed E-state index contributed by atoms with van der Waals surface area (Å²) in [5.41, 5.74) is 0.350. The van der Waals surface area contributed by atoms with Crippen molar-refractivity contribution in [2.45, 2.75) is 26.3 Å². The predicted octanol–water partition coefficient (Wildman–Crippen LogP) is 1.86. The van der Waals surface area contributed by atoms with E-state index < -0.39 is 12.0 Å². The van der Waals surface area contributed by atoms with Gasteiger partial charge in [0.25, 0.3) is 0 Å². The van der Waals surface area contributed by atoms with Gasteiger partial charge in [-0.25, -0.2) is 9.78 Å². The zero-order valence-corrected chi connectivity index (χ0v) is 9.84. The number of nitrogens with one attached hydrogen (secondary N) is 1. The van der Waals surface area contributed by atoms with Crippen LogP contribution < -0.4 is 5.32 Å². The highest BCUT2D eigenvalue weighted by atomic mass is 16.4. The maximum Gasteiger partial charge on any atom is 0.326 e. The van der Waals surface area contributed by atoms with E-state index in [4.69, 9.17) is 10.4 Å². The van der Waals surface area contributed by atoms with Gasteiger partial charge in [-0.05, 0) is 24.5 Å². The summed E-state index contributed by atoms with van der Waals surface area (Å²) in [6.07, 6.45) is 2.01. The number of pyridine rings is 1. The van der Waals surface area contributed by atoms with Crippen molar-refractivity contribution in [3.8, 4) is 6.07 Å². The number of aliphatic carboxylic acids is 1. The molecule has 1 aromatic rings. The Hall–Kier alpha value is -2.09. The molecule has 1 atom stereocenters. The molecule has 0 spiro atoms. The van der Waals surface area contributed by atoms with Gasteiger partial charge in [-0.15, -0.1) is 0 Å². The van der Waals surface area contributed by atoms with E-state index >= 15 is 0 Å². The largest absolute Gasteiger partial charge is 0.480 e. The fourth-order valence-corrected chi connectivity index (χ4v) is 1.47. The van der Waals surface area contributed by atoms with Gasteiger partial charge in [-0.1, -0.05) is 13.8 Å². The van der Waals surface area contributed by atoms with Crippen molar-refractivity contribution in [3.05, 3.63) is 23.9 Å². The smallest absolute Gasteiger partial charge is 0.326 e. The molecule has 1 aromatic heterocycles. The number of carboxylic acids is 1. The van der Waals surface area contributed by atoms with Crippen LogP contribution in [0.5, 0.6) is 0 Å². The molecule has 90 valence electrons. The van der Waals surface area contributed by atoms with Gasteiger partial charge in [0.15, 0.2) is 0 Å². The first kappa shape index (κ1) is 13.0. The molecule has 0 aliphatic carbocycles. The van der Waals surface area contributed by atoms with Crippen molar-refractivity contribution < 1.29 is 9.90 Å². The number of nitriles is 1. The lowest BCUT2D eigenvalue weighted by Crippen LogP contribution is -2.31. The number of carbonyl (C=O) groups is 1. The molecule has 5 nitrogen and oxygen atoms in total. The van der Waals surface area contributed by atoms with Gasteiger partial charge in [0.05, 0.1) is 5.56 Å². The summed E-state index contributed by atoms with van der Waals surface area (Å²) >= 11 is 0. The third-order valence-corrected chi connectivity index (χ3v) is 2.24. The van der Waals surface area contributed by atoms with Crippen molar-refractivity contribution in [2.24, 2.45) is 5.92 Å². The van der Waals surface area contributed by atoms with Gasteiger partial charge in [0, 0.05) is 6.20 Å². The molecule has 2 N–H and O–H groups in total. The van der Waals surface area contributed by atoms with Crippen LogP contribution in [0.15, 0.2) is 18.3 Å². The molecule has 17 heavy (non-hydrogen) atoms. The molecule has 0 bridgehead atoms. The minimum absolute atomic E-state index is 0.248. The lowest BCUT2D eigenvalue weighted by Gasteiger charge is -2.17. The van der Waals surface area contributed by atoms with Crippen molar-refractivity contribution in [2.75, 3.05) is 5.32 Å². The number of carboxylic acid groups (broad SMARTS) is 1. The predicted molar refractivity (Wildman–Crippen MR) is 63.5 cm³/mol. The summed E-state index contributed by atoms with van der Waals surface area (Å²) in [4.78, 5) is 15.0. The van der Waals surface area contributed by atoms with Gasteiger partial charge in [-0.3, -0.25) is 0 Å². The molecule has 5 heteroatoms. The number of aromatic nitrogens is 1. The monoisotopic (exact) mass is 233 g/mol. The van der Waals surface area contributed by atoms with Crippen LogP contribution in [0.1, 0.15) is 25.8 Å².